The molecule has 2 heterocycles. The van der Waals surface area contributed by atoms with Crippen LogP contribution in [0.3, 0.4) is 0 Å². The molecular formula is C18H16N2O4S. The molecule has 3 aromatic rings. The first-order valence-corrected chi connectivity index (χ1v) is 8.71. The van der Waals surface area contributed by atoms with Crippen molar-refractivity contribution in [1.82, 2.24) is 9.78 Å². The lowest BCUT2D eigenvalue weighted by atomic mass is 9.88. The number of aromatic carboxylic acids is 1. The van der Waals surface area contributed by atoms with E-state index >= 15 is 0 Å². The van der Waals surface area contributed by atoms with E-state index in [1.807, 2.05) is 29.0 Å². The van der Waals surface area contributed by atoms with Gasteiger partial charge in [-0.1, -0.05) is 0 Å². The summed E-state index contributed by atoms with van der Waals surface area (Å²) in [5.41, 5.74) is 4.58. The van der Waals surface area contributed by atoms with Crippen molar-refractivity contribution in [2.75, 3.05) is 14.2 Å². The minimum atomic E-state index is -1.01. The average Bonchev–Trinajstić information content (AvgIpc) is 3.27. The molecule has 0 unspecified atom stereocenters. The summed E-state index contributed by atoms with van der Waals surface area (Å²) >= 11 is 1.54. The number of carboxylic acids is 1. The molecule has 0 aliphatic heterocycles. The van der Waals surface area contributed by atoms with Crippen molar-refractivity contribution in [3.63, 3.8) is 0 Å². The lowest BCUT2D eigenvalue weighted by molar-refractivity contribution is 0.0688. The predicted octanol–water partition coefficient (Wildman–Crippen LogP) is 3.41. The smallest absolute Gasteiger partial charge is 0.356 e. The van der Waals surface area contributed by atoms with Crippen LogP contribution in [0.2, 0.25) is 0 Å². The van der Waals surface area contributed by atoms with Gasteiger partial charge in [-0.25, -0.2) is 9.48 Å². The molecule has 4 rings (SSSR count). The van der Waals surface area contributed by atoms with Gasteiger partial charge in [0.15, 0.2) is 17.2 Å². The molecule has 0 atom stereocenters. The normalized spacial score (nSPS) is 12.4. The Kier molecular flexibility index (Phi) is 3.73. The van der Waals surface area contributed by atoms with E-state index in [1.165, 1.54) is 0 Å². The molecule has 2 aromatic heterocycles. The molecule has 7 heteroatoms. The van der Waals surface area contributed by atoms with E-state index in [-0.39, 0.29) is 5.69 Å². The second-order valence-corrected chi connectivity index (χ2v) is 6.52. The van der Waals surface area contributed by atoms with E-state index in [9.17, 15) is 9.90 Å². The Labute approximate surface area is 148 Å². The highest BCUT2D eigenvalue weighted by Gasteiger charge is 2.30. The molecule has 0 spiro atoms. The first-order valence-electron chi connectivity index (χ1n) is 7.77. The maximum atomic E-state index is 11.7. The van der Waals surface area contributed by atoms with E-state index in [0.717, 1.165) is 34.5 Å². The molecule has 0 fully saturated rings. The van der Waals surface area contributed by atoms with Gasteiger partial charge in [0, 0.05) is 16.5 Å². The van der Waals surface area contributed by atoms with Gasteiger partial charge in [-0.15, -0.1) is 0 Å². The number of benzene rings is 1. The number of ether oxygens (including phenoxy) is 2. The van der Waals surface area contributed by atoms with Crippen LogP contribution in [0.1, 0.15) is 21.6 Å². The molecule has 0 amide bonds. The van der Waals surface area contributed by atoms with Gasteiger partial charge in [-0.3, -0.25) is 0 Å². The molecule has 1 aromatic carbocycles. The molecule has 0 bridgehead atoms. The monoisotopic (exact) mass is 356 g/mol. The summed E-state index contributed by atoms with van der Waals surface area (Å²) in [4.78, 5) is 11.7. The van der Waals surface area contributed by atoms with Crippen molar-refractivity contribution in [3.05, 3.63) is 45.8 Å². The SMILES string of the molecule is COc1cc2c(cc1OC)-c1c(c(C(=O)O)nn1-c1ccsc1)CC2. The lowest BCUT2D eigenvalue weighted by Crippen LogP contribution is -2.09. The summed E-state index contributed by atoms with van der Waals surface area (Å²) in [6.07, 6.45) is 1.36. The van der Waals surface area contributed by atoms with Gasteiger partial charge in [0.05, 0.1) is 25.6 Å². The number of hydrogen-bond acceptors (Lipinski definition) is 5. The molecular weight excluding hydrogens is 340 g/mol. The molecule has 0 saturated carbocycles. The zero-order valence-electron chi connectivity index (χ0n) is 13.8. The quantitative estimate of drug-likeness (QED) is 0.775. The van der Waals surface area contributed by atoms with Gasteiger partial charge in [0.1, 0.15) is 0 Å². The number of aromatic nitrogens is 2. The van der Waals surface area contributed by atoms with Crippen molar-refractivity contribution in [2.24, 2.45) is 0 Å². The van der Waals surface area contributed by atoms with Crippen LogP contribution >= 0.6 is 11.3 Å². The Balaban J connectivity index is 2.02. The van der Waals surface area contributed by atoms with Gasteiger partial charge in [0.2, 0.25) is 0 Å². The second kappa shape index (κ2) is 5.93. The highest BCUT2D eigenvalue weighted by Crippen LogP contribution is 2.42. The highest BCUT2D eigenvalue weighted by molar-refractivity contribution is 7.08. The second-order valence-electron chi connectivity index (χ2n) is 5.74. The van der Waals surface area contributed by atoms with Crippen molar-refractivity contribution in [1.29, 1.82) is 0 Å². The van der Waals surface area contributed by atoms with Crippen LogP contribution in [0.15, 0.2) is 29.0 Å². The fraction of sp³-hybridized carbons (Fsp3) is 0.222. The average molecular weight is 356 g/mol. The van der Waals surface area contributed by atoms with Gasteiger partial charge in [-0.05, 0) is 42.0 Å². The summed E-state index contributed by atoms with van der Waals surface area (Å²) in [6, 6.07) is 5.80. The minimum absolute atomic E-state index is 0.113. The van der Waals surface area contributed by atoms with Gasteiger partial charge < -0.3 is 14.6 Å². The Morgan fingerprint density at radius 3 is 2.64 bits per heavy atom. The molecule has 0 radical (unpaired) electrons. The maximum Gasteiger partial charge on any atom is 0.356 e. The van der Waals surface area contributed by atoms with Crippen LogP contribution in [0.4, 0.5) is 0 Å². The van der Waals surface area contributed by atoms with Crippen molar-refractivity contribution >= 4 is 17.3 Å². The van der Waals surface area contributed by atoms with E-state index in [2.05, 4.69) is 5.10 Å². The fourth-order valence-electron chi connectivity index (χ4n) is 3.31. The fourth-order valence-corrected chi connectivity index (χ4v) is 3.92. The van der Waals surface area contributed by atoms with Gasteiger partial charge in [-0.2, -0.15) is 16.4 Å². The Morgan fingerprint density at radius 1 is 1.24 bits per heavy atom. The molecule has 128 valence electrons. The number of methoxy groups -OCH3 is 2. The Hall–Kier alpha value is -2.80. The van der Waals surface area contributed by atoms with Gasteiger partial charge in [0.25, 0.3) is 0 Å². The Morgan fingerprint density at radius 2 is 2.00 bits per heavy atom. The lowest BCUT2D eigenvalue weighted by Gasteiger charge is -2.20. The van der Waals surface area contributed by atoms with E-state index < -0.39 is 5.97 Å². The van der Waals surface area contributed by atoms with Crippen molar-refractivity contribution in [2.45, 2.75) is 12.8 Å². The number of hydrogen-bond donors (Lipinski definition) is 1. The van der Waals surface area contributed by atoms with E-state index in [1.54, 1.807) is 30.2 Å². The zero-order chi connectivity index (χ0) is 17.6. The zero-order valence-corrected chi connectivity index (χ0v) is 14.6. The van der Waals surface area contributed by atoms with Crippen molar-refractivity contribution < 1.29 is 19.4 Å². The standard InChI is InChI=1S/C18H16N2O4S/c1-23-14-7-10-3-4-12-16(18(21)22)19-20(11-5-6-25-9-11)17(12)13(10)8-15(14)24-2/h5-9H,3-4H2,1-2H3,(H,21,22). The molecule has 1 aliphatic rings. The topological polar surface area (TPSA) is 73.6 Å². The Bertz CT molecular complexity index is 960. The molecule has 25 heavy (non-hydrogen) atoms. The van der Waals surface area contributed by atoms with E-state index in [4.69, 9.17) is 9.47 Å². The van der Waals surface area contributed by atoms with Crippen LogP contribution in [-0.4, -0.2) is 35.1 Å². The van der Waals surface area contributed by atoms with Crippen LogP contribution < -0.4 is 9.47 Å². The number of thiophene rings is 1. The molecule has 0 saturated heterocycles. The third-order valence-electron chi connectivity index (χ3n) is 4.45. The largest absolute Gasteiger partial charge is 0.493 e. The number of fused-ring (bicyclic) bond motifs is 3. The third-order valence-corrected chi connectivity index (χ3v) is 5.12. The number of nitrogens with zero attached hydrogens (tertiary/aromatic N) is 2. The number of carboxylic acid groups (broad SMARTS) is 1. The summed E-state index contributed by atoms with van der Waals surface area (Å²) in [5.74, 6) is 0.281. The van der Waals surface area contributed by atoms with Crippen LogP contribution in [0.25, 0.3) is 16.9 Å². The molecule has 1 N–H and O–H groups in total. The van der Waals surface area contributed by atoms with Crippen LogP contribution in [-0.2, 0) is 12.8 Å². The summed E-state index contributed by atoms with van der Waals surface area (Å²) < 4.78 is 12.6. The number of aryl methyl sites for hydroxylation is 1. The number of carbonyl (C=O) groups is 1. The predicted molar refractivity (Wildman–Crippen MR) is 94.3 cm³/mol. The number of rotatable bonds is 4. The minimum Gasteiger partial charge on any atom is -0.493 e. The summed E-state index contributed by atoms with van der Waals surface area (Å²) in [5, 5.41) is 17.8. The van der Waals surface area contributed by atoms with Crippen molar-refractivity contribution in [3.8, 4) is 28.4 Å². The summed E-state index contributed by atoms with van der Waals surface area (Å²) in [6.45, 7) is 0. The maximum absolute atomic E-state index is 11.7. The van der Waals surface area contributed by atoms with Crippen LogP contribution in [0.5, 0.6) is 11.5 Å². The third kappa shape index (κ3) is 2.39. The van der Waals surface area contributed by atoms with E-state index in [0.29, 0.717) is 17.9 Å². The first kappa shape index (κ1) is 15.7. The molecule has 6 nitrogen and oxygen atoms in total. The summed E-state index contributed by atoms with van der Waals surface area (Å²) in [7, 11) is 3.20. The highest BCUT2D eigenvalue weighted by atomic mass is 32.1. The first-order chi connectivity index (χ1) is 12.1. The van der Waals surface area contributed by atoms with Gasteiger partial charge >= 0.3 is 5.97 Å². The van der Waals surface area contributed by atoms with Crippen LogP contribution in [0, 0.1) is 0 Å². The molecule has 1 aliphatic carbocycles.